The number of para-hydroxylation sites is 3. The molecule has 0 bridgehead atoms. The van der Waals surface area contributed by atoms with Gasteiger partial charge in [-0.3, -0.25) is 9.78 Å². The van der Waals surface area contributed by atoms with Gasteiger partial charge in [-0.2, -0.15) is 0 Å². The molecule has 1 aliphatic rings. The van der Waals surface area contributed by atoms with E-state index in [1.165, 1.54) is 0 Å². The highest BCUT2D eigenvalue weighted by atomic mass is 16.7. The van der Waals surface area contributed by atoms with Crippen LogP contribution in [0, 0.1) is 0 Å². The van der Waals surface area contributed by atoms with E-state index in [0.717, 1.165) is 27.8 Å². The third-order valence-electron chi connectivity index (χ3n) is 5.40. The van der Waals surface area contributed by atoms with Gasteiger partial charge in [-0.15, -0.1) is 0 Å². The number of benzene rings is 2. The average molecular weight is 402 g/mol. The number of carbonyl (C=O) groups is 1. The normalized spacial score (nSPS) is 14.6. The maximum Gasteiger partial charge on any atom is 0.256 e. The summed E-state index contributed by atoms with van der Waals surface area (Å²) in [5, 5.41) is 0.930. The number of hydrogen-bond donors (Lipinski definition) is 0. The van der Waals surface area contributed by atoms with Crippen LogP contribution in [0.3, 0.4) is 0 Å². The zero-order chi connectivity index (χ0) is 20.5. The molecule has 7 nitrogen and oxygen atoms in total. The van der Waals surface area contributed by atoms with Gasteiger partial charge in [0, 0.05) is 18.6 Å². The van der Waals surface area contributed by atoms with Crippen molar-refractivity contribution in [2.45, 2.75) is 12.8 Å². The van der Waals surface area contributed by atoms with Gasteiger partial charge in [0.25, 0.3) is 5.91 Å². The standard InChI is InChI=1S/C23H22N4O3/c1-26-20-9-5-4-8-19(20)25-21(26)14-27(15-22-29-10-11-30-22)23(28)17-12-16-6-2-3-7-18(16)24-13-17/h2-9,12-13,22H,10-11,14-15H2,1H3. The molecule has 30 heavy (non-hydrogen) atoms. The van der Waals surface area contributed by atoms with Crippen LogP contribution in [0.1, 0.15) is 16.2 Å². The molecular weight excluding hydrogens is 380 g/mol. The molecule has 7 heteroatoms. The largest absolute Gasteiger partial charge is 0.348 e. The number of aromatic nitrogens is 3. The molecule has 1 fully saturated rings. The van der Waals surface area contributed by atoms with E-state index >= 15 is 0 Å². The Bertz CT molecular complexity index is 1210. The van der Waals surface area contributed by atoms with Crippen molar-refractivity contribution in [3.05, 3.63) is 72.2 Å². The highest BCUT2D eigenvalue weighted by molar-refractivity contribution is 5.97. The summed E-state index contributed by atoms with van der Waals surface area (Å²) in [6.45, 7) is 1.75. The first-order valence-electron chi connectivity index (χ1n) is 9.96. The Morgan fingerprint density at radius 3 is 2.63 bits per heavy atom. The van der Waals surface area contributed by atoms with Crippen LogP contribution < -0.4 is 0 Å². The number of amides is 1. The molecule has 4 aromatic rings. The molecule has 0 N–H and O–H groups in total. The second kappa shape index (κ2) is 7.85. The van der Waals surface area contributed by atoms with Crippen molar-refractivity contribution in [1.29, 1.82) is 0 Å². The fourth-order valence-corrected chi connectivity index (χ4v) is 3.79. The maximum absolute atomic E-state index is 13.4. The predicted octanol–water partition coefficient (Wildman–Crippen LogP) is 3.14. The summed E-state index contributed by atoms with van der Waals surface area (Å²) >= 11 is 0. The lowest BCUT2D eigenvalue weighted by molar-refractivity contribution is -0.0588. The molecule has 1 aliphatic heterocycles. The molecule has 0 spiro atoms. The molecular formula is C23H22N4O3. The Morgan fingerprint density at radius 1 is 1.10 bits per heavy atom. The predicted molar refractivity (Wildman–Crippen MR) is 113 cm³/mol. The van der Waals surface area contributed by atoms with Gasteiger partial charge >= 0.3 is 0 Å². The first kappa shape index (κ1) is 18.7. The second-order valence-corrected chi connectivity index (χ2v) is 7.35. The smallest absolute Gasteiger partial charge is 0.256 e. The number of imidazole rings is 1. The zero-order valence-corrected chi connectivity index (χ0v) is 16.7. The number of pyridine rings is 1. The summed E-state index contributed by atoms with van der Waals surface area (Å²) in [7, 11) is 1.97. The van der Waals surface area contributed by atoms with Crippen molar-refractivity contribution < 1.29 is 14.3 Å². The molecule has 0 radical (unpaired) electrons. The second-order valence-electron chi connectivity index (χ2n) is 7.35. The monoisotopic (exact) mass is 402 g/mol. The summed E-state index contributed by atoms with van der Waals surface area (Å²) in [6.07, 6.45) is 1.19. The van der Waals surface area contributed by atoms with Crippen LogP contribution in [-0.4, -0.2) is 51.4 Å². The van der Waals surface area contributed by atoms with Crippen LogP contribution in [-0.2, 0) is 23.1 Å². The summed E-state index contributed by atoms with van der Waals surface area (Å²) in [4.78, 5) is 24.3. The lowest BCUT2D eigenvalue weighted by Crippen LogP contribution is -2.38. The number of nitrogens with zero attached hydrogens (tertiary/aromatic N) is 4. The Balaban J connectivity index is 1.48. The van der Waals surface area contributed by atoms with Crippen molar-refractivity contribution in [3.63, 3.8) is 0 Å². The minimum absolute atomic E-state index is 0.126. The van der Waals surface area contributed by atoms with Gasteiger partial charge in [0.1, 0.15) is 5.82 Å². The number of fused-ring (bicyclic) bond motifs is 2. The van der Waals surface area contributed by atoms with E-state index in [9.17, 15) is 4.79 Å². The Labute approximate surface area is 173 Å². The summed E-state index contributed by atoms with van der Waals surface area (Å²) in [6, 6.07) is 17.6. The first-order valence-corrected chi connectivity index (χ1v) is 9.96. The molecule has 0 unspecified atom stereocenters. The number of carbonyl (C=O) groups excluding carboxylic acids is 1. The minimum Gasteiger partial charge on any atom is -0.348 e. The number of rotatable bonds is 5. The SMILES string of the molecule is Cn1c(CN(CC2OCCO2)C(=O)c2cnc3ccccc3c2)nc2ccccc21. The van der Waals surface area contributed by atoms with E-state index in [0.29, 0.717) is 31.9 Å². The third kappa shape index (κ3) is 3.53. The Morgan fingerprint density at radius 2 is 1.83 bits per heavy atom. The van der Waals surface area contributed by atoms with Gasteiger partial charge in [0.05, 0.1) is 48.4 Å². The molecule has 1 amide bonds. The van der Waals surface area contributed by atoms with E-state index in [2.05, 4.69) is 4.98 Å². The highest BCUT2D eigenvalue weighted by Gasteiger charge is 2.26. The molecule has 0 aliphatic carbocycles. The fourth-order valence-electron chi connectivity index (χ4n) is 3.79. The first-order chi connectivity index (χ1) is 14.7. The number of ether oxygens (including phenoxy) is 2. The van der Waals surface area contributed by atoms with Crippen molar-refractivity contribution in [1.82, 2.24) is 19.4 Å². The van der Waals surface area contributed by atoms with Gasteiger partial charge in [-0.25, -0.2) is 4.98 Å². The summed E-state index contributed by atoms with van der Waals surface area (Å²) < 4.78 is 13.2. The highest BCUT2D eigenvalue weighted by Crippen LogP contribution is 2.19. The van der Waals surface area contributed by atoms with Crippen LogP contribution in [0.15, 0.2) is 60.8 Å². The molecule has 2 aromatic heterocycles. The van der Waals surface area contributed by atoms with Crippen LogP contribution in [0.5, 0.6) is 0 Å². The van der Waals surface area contributed by atoms with Crippen LogP contribution in [0.4, 0.5) is 0 Å². The van der Waals surface area contributed by atoms with E-state index in [4.69, 9.17) is 14.5 Å². The Hall–Kier alpha value is -3.29. The van der Waals surface area contributed by atoms with Crippen molar-refractivity contribution in [2.24, 2.45) is 7.05 Å². The van der Waals surface area contributed by atoms with Crippen molar-refractivity contribution in [3.8, 4) is 0 Å². The van der Waals surface area contributed by atoms with Crippen LogP contribution in [0.25, 0.3) is 21.9 Å². The van der Waals surface area contributed by atoms with Gasteiger partial charge in [0.15, 0.2) is 6.29 Å². The molecule has 0 saturated carbocycles. The van der Waals surface area contributed by atoms with E-state index < -0.39 is 6.29 Å². The molecule has 1 saturated heterocycles. The summed E-state index contributed by atoms with van der Waals surface area (Å²) in [5.41, 5.74) is 3.33. The van der Waals surface area contributed by atoms with Gasteiger partial charge < -0.3 is 18.9 Å². The van der Waals surface area contributed by atoms with Crippen LogP contribution in [0.2, 0.25) is 0 Å². The summed E-state index contributed by atoms with van der Waals surface area (Å²) in [5.74, 6) is 0.677. The van der Waals surface area contributed by atoms with Crippen molar-refractivity contribution in [2.75, 3.05) is 19.8 Å². The number of hydrogen-bond acceptors (Lipinski definition) is 5. The quantitative estimate of drug-likeness (QED) is 0.513. The van der Waals surface area contributed by atoms with Crippen LogP contribution >= 0.6 is 0 Å². The molecule has 152 valence electrons. The Kier molecular flexibility index (Phi) is 4.90. The topological polar surface area (TPSA) is 69.5 Å². The zero-order valence-electron chi connectivity index (χ0n) is 16.7. The number of aryl methyl sites for hydroxylation is 1. The van der Waals surface area contributed by atoms with Gasteiger partial charge in [0.2, 0.25) is 0 Å². The van der Waals surface area contributed by atoms with E-state index in [-0.39, 0.29) is 5.91 Å². The molecule has 5 rings (SSSR count). The van der Waals surface area contributed by atoms with Gasteiger partial charge in [-0.1, -0.05) is 30.3 Å². The van der Waals surface area contributed by atoms with E-state index in [1.807, 2.05) is 66.2 Å². The van der Waals surface area contributed by atoms with E-state index in [1.54, 1.807) is 11.1 Å². The van der Waals surface area contributed by atoms with Crippen molar-refractivity contribution >= 4 is 27.8 Å². The average Bonchev–Trinajstić information content (AvgIpc) is 3.41. The maximum atomic E-state index is 13.4. The lowest BCUT2D eigenvalue weighted by Gasteiger charge is -2.25. The van der Waals surface area contributed by atoms with Gasteiger partial charge in [-0.05, 0) is 24.3 Å². The minimum atomic E-state index is -0.433. The molecule has 0 atom stereocenters. The molecule has 3 heterocycles. The lowest BCUT2D eigenvalue weighted by atomic mass is 10.1. The fraction of sp³-hybridized carbons (Fsp3) is 0.261. The third-order valence-corrected chi connectivity index (χ3v) is 5.40. The molecule has 2 aromatic carbocycles.